The Morgan fingerprint density at radius 3 is 2.00 bits per heavy atom. The van der Waals surface area contributed by atoms with E-state index in [0.29, 0.717) is 12.8 Å². The van der Waals surface area contributed by atoms with Crippen molar-refractivity contribution >= 4 is 15.8 Å². The van der Waals surface area contributed by atoms with Crippen LogP contribution in [0.3, 0.4) is 0 Å². The number of hydrogen-bond donors (Lipinski definition) is 0. The zero-order valence-corrected chi connectivity index (χ0v) is 13.0. The van der Waals surface area contributed by atoms with Gasteiger partial charge in [0.1, 0.15) is 5.82 Å². The molecule has 2 aromatic rings. The molecule has 0 aromatic heterocycles. The second-order valence-corrected chi connectivity index (χ2v) is 7.79. The first-order valence-electron chi connectivity index (χ1n) is 7.39. The van der Waals surface area contributed by atoms with Gasteiger partial charge in [0, 0.05) is 12.5 Å². The summed E-state index contributed by atoms with van der Waals surface area (Å²) in [6.45, 7) is 0. The number of nitrogens with zero attached hydrogens (tertiary/aromatic N) is 1. The number of Topliss-reactive ketones (excluding diaryl/α,β-unsaturated/α-hetero) is 1. The van der Waals surface area contributed by atoms with Crippen LogP contribution in [-0.4, -0.2) is 30.6 Å². The fraction of sp³-hybridized carbons (Fsp3) is 0.235. The number of rotatable bonds is 3. The molecule has 5 rings (SSSR count). The third kappa shape index (κ3) is 2.21. The number of hydrogen-bond acceptors (Lipinski definition) is 3. The van der Waals surface area contributed by atoms with Crippen LogP contribution >= 0.6 is 0 Å². The van der Waals surface area contributed by atoms with Gasteiger partial charge < -0.3 is 0 Å². The highest BCUT2D eigenvalue weighted by Gasteiger charge is 2.56. The van der Waals surface area contributed by atoms with Crippen LogP contribution < -0.4 is 0 Å². The summed E-state index contributed by atoms with van der Waals surface area (Å²) in [4.78, 5) is 11.8. The Morgan fingerprint density at radius 2 is 1.52 bits per heavy atom. The lowest BCUT2D eigenvalue weighted by Gasteiger charge is -2.37. The third-order valence-electron chi connectivity index (χ3n) is 4.58. The first-order valence-corrected chi connectivity index (χ1v) is 8.83. The van der Waals surface area contributed by atoms with Crippen molar-refractivity contribution < 1.29 is 17.6 Å². The maximum absolute atomic E-state index is 13.0. The summed E-state index contributed by atoms with van der Waals surface area (Å²) in [5, 5.41) is 0. The molecule has 2 unspecified atom stereocenters. The smallest absolute Gasteiger partial charge is 0.243 e. The molecule has 2 aromatic carbocycles. The van der Waals surface area contributed by atoms with E-state index in [1.165, 1.54) is 28.6 Å². The van der Waals surface area contributed by atoms with E-state index in [-0.39, 0.29) is 22.5 Å². The predicted molar refractivity (Wildman–Crippen MR) is 82.7 cm³/mol. The van der Waals surface area contributed by atoms with Crippen molar-refractivity contribution in [2.45, 2.75) is 29.8 Å². The highest BCUT2D eigenvalue weighted by molar-refractivity contribution is 7.89. The van der Waals surface area contributed by atoms with E-state index in [1.54, 1.807) is 24.3 Å². The van der Waals surface area contributed by atoms with Gasteiger partial charge in [0.15, 0.2) is 5.78 Å². The zero-order valence-electron chi connectivity index (χ0n) is 12.1. The number of sulfonamides is 1. The van der Waals surface area contributed by atoms with Crippen molar-refractivity contribution in [2.75, 3.05) is 0 Å². The van der Waals surface area contributed by atoms with Crippen molar-refractivity contribution in [3.8, 4) is 11.1 Å². The van der Waals surface area contributed by atoms with Crippen LogP contribution in [0.2, 0.25) is 0 Å². The lowest BCUT2D eigenvalue weighted by atomic mass is 10.1. The minimum absolute atomic E-state index is 0.0153. The molecule has 1 aliphatic carbocycles. The lowest BCUT2D eigenvalue weighted by molar-refractivity contribution is -0.119. The molecule has 6 heteroatoms. The molecule has 1 saturated carbocycles. The summed E-state index contributed by atoms with van der Waals surface area (Å²) < 4.78 is 39.6. The summed E-state index contributed by atoms with van der Waals surface area (Å²) in [7, 11) is -3.62. The molecule has 3 fully saturated rings. The minimum Gasteiger partial charge on any atom is -0.298 e. The van der Waals surface area contributed by atoms with Gasteiger partial charge in [-0.15, -0.1) is 0 Å². The van der Waals surface area contributed by atoms with Crippen LogP contribution in [0.1, 0.15) is 12.8 Å². The molecule has 2 saturated heterocycles. The van der Waals surface area contributed by atoms with Crippen LogP contribution in [0, 0.1) is 5.82 Å². The van der Waals surface area contributed by atoms with E-state index in [1.807, 2.05) is 0 Å². The minimum atomic E-state index is -3.62. The maximum atomic E-state index is 13.0. The number of benzene rings is 2. The molecule has 23 heavy (non-hydrogen) atoms. The van der Waals surface area contributed by atoms with Gasteiger partial charge in [-0.3, -0.25) is 4.79 Å². The molecular weight excluding hydrogens is 317 g/mol. The van der Waals surface area contributed by atoms with Gasteiger partial charge in [-0.05, 0) is 41.8 Å². The summed E-state index contributed by atoms with van der Waals surface area (Å²) in [6.07, 6.45) is 0.975. The maximum Gasteiger partial charge on any atom is 0.243 e. The van der Waals surface area contributed by atoms with Crippen LogP contribution in [0.25, 0.3) is 11.1 Å². The molecule has 0 spiro atoms. The van der Waals surface area contributed by atoms with E-state index in [2.05, 4.69) is 0 Å². The zero-order chi connectivity index (χ0) is 16.2. The highest BCUT2D eigenvalue weighted by Crippen LogP contribution is 2.42. The average molecular weight is 331 g/mol. The van der Waals surface area contributed by atoms with Gasteiger partial charge in [-0.2, -0.15) is 4.31 Å². The van der Waals surface area contributed by atoms with E-state index in [9.17, 15) is 17.6 Å². The monoisotopic (exact) mass is 331 g/mol. The standard InChI is InChI=1S/C17H14FNO3S/c18-13-5-1-11(2-6-13)12-3-7-15(8-4-12)23(21,22)19-14-9-16(19)17(20)10-14/h1-8,14,16H,9-10H2. The predicted octanol–water partition coefficient (Wildman–Crippen LogP) is 2.60. The number of fused-ring (bicyclic) bond motifs is 1. The Kier molecular flexibility index (Phi) is 3.14. The molecule has 0 radical (unpaired) electrons. The summed E-state index contributed by atoms with van der Waals surface area (Å²) in [5.41, 5.74) is 1.63. The molecule has 3 aliphatic rings. The molecule has 118 valence electrons. The molecule has 2 aliphatic heterocycles. The highest BCUT2D eigenvalue weighted by atomic mass is 32.2. The fourth-order valence-electron chi connectivity index (χ4n) is 3.34. The van der Waals surface area contributed by atoms with E-state index >= 15 is 0 Å². The first-order chi connectivity index (χ1) is 11.0. The summed E-state index contributed by atoms with van der Waals surface area (Å²) in [6, 6.07) is 11.9. The molecule has 2 atom stereocenters. The molecule has 4 nitrogen and oxygen atoms in total. The second-order valence-electron chi connectivity index (χ2n) is 5.94. The van der Waals surface area contributed by atoms with Gasteiger partial charge in [-0.1, -0.05) is 24.3 Å². The first kappa shape index (κ1) is 14.5. The Labute approximate surface area is 133 Å². The van der Waals surface area contributed by atoms with Crippen LogP contribution in [0.4, 0.5) is 4.39 Å². The number of ketones is 1. The topological polar surface area (TPSA) is 54.5 Å². The van der Waals surface area contributed by atoms with Crippen LogP contribution in [0.5, 0.6) is 0 Å². The van der Waals surface area contributed by atoms with Crippen molar-refractivity contribution in [1.29, 1.82) is 0 Å². The Hall–Kier alpha value is -2.05. The second kappa shape index (κ2) is 4.97. The Balaban J connectivity index is 1.63. The van der Waals surface area contributed by atoms with E-state index < -0.39 is 16.1 Å². The van der Waals surface area contributed by atoms with E-state index in [4.69, 9.17) is 0 Å². The number of halogens is 1. The Morgan fingerprint density at radius 1 is 0.957 bits per heavy atom. The third-order valence-corrected chi connectivity index (χ3v) is 6.55. The molecule has 0 N–H and O–H groups in total. The number of carbonyl (C=O) groups excluding carboxylic acids is 1. The fourth-order valence-corrected chi connectivity index (χ4v) is 5.16. The lowest BCUT2D eigenvalue weighted by Crippen LogP contribution is -2.52. The molecular formula is C17H14FNO3S. The van der Waals surface area contributed by atoms with Crippen molar-refractivity contribution in [2.24, 2.45) is 0 Å². The van der Waals surface area contributed by atoms with Crippen molar-refractivity contribution in [1.82, 2.24) is 4.31 Å². The Bertz CT molecular complexity index is 875. The number of carbonyl (C=O) groups is 1. The average Bonchev–Trinajstić information content (AvgIpc) is 3.04. The van der Waals surface area contributed by atoms with Crippen molar-refractivity contribution in [3.05, 3.63) is 54.3 Å². The van der Waals surface area contributed by atoms with Gasteiger partial charge in [0.2, 0.25) is 10.0 Å². The van der Waals surface area contributed by atoms with Gasteiger partial charge in [-0.25, -0.2) is 12.8 Å². The largest absolute Gasteiger partial charge is 0.298 e. The quantitative estimate of drug-likeness (QED) is 0.869. The summed E-state index contributed by atoms with van der Waals surface area (Å²) in [5.74, 6) is -0.299. The molecule has 0 amide bonds. The summed E-state index contributed by atoms with van der Waals surface area (Å²) >= 11 is 0. The van der Waals surface area contributed by atoms with E-state index in [0.717, 1.165) is 11.1 Å². The van der Waals surface area contributed by atoms with Gasteiger partial charge in [0.25, 0.3) is 0 Å². The SMILES string of the molecule is O=C1CC2CC1N2S(=O)(=O)c1ccc(-c2ccc(F)cc2)cc1. The van der Waals surface area contributed by atoms with Crippen LogP contribution in [0.15, 0.2) is 53.4 Å². The van der Waals surface area contributed by atoms with Gasteiger partial charge in [0.05, 0.1) is 10.9 Å². The van der Waals surface area contributed by atoms with Crippen molar-refractivity contribution in [3.63, 3.8) is 0 Å². The molecule has 2 heterocycles. The van der Waals surface area contributed by atoms with Gasteiger partial charge >= 0.3 is 0 Å². The van der Waals surface area contributed by atoms with Crippen LogP contribution in [-0.2, 0) is 14.8 Å². The normalized spacial score (nSPS) is 23.8. The molecule has 2 bridgehead atoms.